The molecular weight excluding hydrogens is 511 g/mol. The number of phenolic OH excluding ortho intramolecular Hbond substituents is 1. The van der Waals surface area contributed by atoms with E-state index in [0.29, 0.717) is 28.0 Å². The Labute approximate surface area is 198 Å². The maximum atomic E-state index is 10.7. The molecule has 0 radical (unpaired) electrons. The number of phenols is 1. The van der Waals surface area contributed by atoms with Crippen LogP contribution in [0.4, 0.5) is 0 Å². The quantitative estimate of drug-likeness (QED) is 0.281. The minimum Gasteiger partial charge on any atom is -0.507 e. The highest BCUT2D eigenvalue weighted by atomic mass is 127. The van der Waals surface area contributed by atoms with E-state index < -0.39 is 0 Å². The summed E-state index contributed by atoms with van der Waals surface area (Å²) in [4.78, 5) is 4.95. The number of hydrogen-bond donors (Lipinski definition) is 1. The van der Waals surface area contributed by atoms with Crippen LogP contribution in [0, 0.1) is 21.8 Å². The van der Waals surface area contributed by atoms with Crippen LogP contribution >= 0.6 is 22.6 Å². The Morgan fingerprint density at radius 1 is 0.938 bits per heavy atom. The minimum absolute atomic E-state index is 0.108. The number of fused-ring (bicyclic) bond motifs is 1. The molecule has 0 saturated heterocycles. The first-order valence-electron chi connectivity index (χ1n) is 10.0. The highest BCUT2D eigenvalue weighted by molar-refractivity contribution is 14.1. The largest absolute Gasteiger partial charge is 0.507 e. The lowest BCUT2D eigenvalue weighted by atomic mass is 9.93. The van der Waals surface area contributed by atoms with E-state index in [1.54, 1.807) is 16.8 Å². The lowest BCUT2D eigenvalue weighted by molar-refractivity contribution is 0.477. The fraction of sp³-hybridized carbons (Fsp3) is 0.0385. The van der Waals surface area contributed by atoms with Crippen molar-refractivity contribution in [1.82, 2.24) is 14.8 Å². The topological polar surface area (TPSA) is 74.7 Å². The zero-order valence-corrected chi connectivity index (χ0v) is 19.3. The predicted molar refractivity (Wildman–Crippen MR) is 134 cm³/mol. The summed E-state index contributed by atoms with van der Waals surface area (Å²) >= 11 is 2.25. The number of hydrogen-bond acceptors (Lipinski definition) is 4. The van der Waals surface area contributed by atoms with Crippen LogP contribution in [0.15, 0.2) is 78.9 Å². The van der Waals surface area contributed by atoms with Gasteiger partial charge in [0.15, 0.2) is 5.65 Å². The smallest absolute Gasteiger partial charge is 0.164 e. The Bertz CT molecular complexity index is 1500. The van der Waals surface area contributed by atoms with Crippen LogP contribution in [0.2, 0.25) is 0 Å². The second kappa shape index (κ2) is 8.09. The van der Waals surface area contributed by atoms with Crippen molar-refractivity contribution < 1.29 is 5.11 Å². The van der Waals surface area contributed by atoms with Crippen LogP contribution in [0.25, 0.3) is 39.1 Å². The van der Waals surface area contributed by atoms with E-state index in [-0.39, 0.29) is 5.75 Å². The van der Waals surface area contributed by atoms with E-state index in [4.69, 9.17) is 10.1 Å². The van der Waals surface area contributed by atoms with Crippen molar-refractivity contribution in [3.63, 3.8) is 0 Å². The van der Waals surface area contributed by atoms with Crippen LogP contribution in [0.3, 0.4) is 0 Å². The summed E-state index contributed by atoms with van der Waals surface area (Å²) in [5, 5.41) is 26.5. The van der Waals surface area contributed by atoms with Crippen LogP contribution in [0.5, 0.6) is 5.75 Å². The number of rotatable bonds is 3. The molecule has 0 aliphatic carbocycles. The molecule has 5 rings (SSSR count). The molecule has 0 saturated carbocycles. The monoisotopic (exact) mass is 528 g/mol. The van der Waals surface area contributed by atoms with Gasteiger partial charge in [-0.25, -0.2) is 9.67 Å². The second-order valence-corrected chi connectivity index (χ2v) is 8.62. The molecule has 32 heavy (non-hydrogen) atoms. The number of nitriles is 1. The summed E-state index contributed by atoms with van der Waals surface area (Å²) in [5.41, 5.74) is 5.28. The molecule has 3 aromatic carbocycles. The van der Waals surface area contributed by atoms with Gasteiger partial charge in [0.1, 0.15) is 11.8 Å². The maximum Gasteiger partial charge on any atom is 0.164 e. The number of pyridine rings is 1. The van der Waals surface area contributed by atoms with Gasteiger partial charge >= 0.3 is 0 Å². The highest BCUT2D eigenvalue weighted by Gasteiger charge is 2.24. The van der Waals surface area contributed by atoms with Gasteiger partial charge < -0.3 is 5.11 Å². The summed E-state index contributed by atoms with van der Waals surface area (Å²) < 4.78 is 2.89. The Morgan fingerprint density at radius 3 is 2.31 bits per heavy atom. The Morgan fingerprint density at radius 2 is 1.62 bits per heavy atom. The van der Waals surface area contributed by atoms with Crippen molar-refractivity contribution in [1.29, 1.82) is 5.26 Å². The Hall–Kier alpha value is -3.70. The lowest BCUT2D eigenvalue weighted by Crippen LogP contribution is -2.01. The van der Waals surface area contributed by atoms with Crippen molar-refractivity contribution in [3.8, 4) is 39.9 Å². The molecule has 2 aromatic heterocycles. The van der Waals surface area contributed by atoms with E-state index in [1.807, 2.05) is 73.7 Å². The molecule has 0 amide bonds. The number of aromatic nitrogens is 3. The van der Waals surface area contributed by atoms with E-state index in [1.165, 1.54) is 0 Å². The third kappa shape index (κ3) is 3.31. The SMILES string of the molecule is Cc1nn(-c2ccccc2)c2nc(-c3ccc(I)cc3)c(C#N)c(-c3ccccc3O)c12. The van der Waals surface area contributed by atoms with Crippen LogP contribution < -0.4 is 0 Å². The number of halogens is 1. The van der Waals surface area contributed by atoms with Crippen LogP contribution in [-0.2, 0) is 0 Å². The molecule has 5 nitrogen and oxygen atoms in total. The first-order valence-corrected chi connectivity index (χ1v) is 11.1. The number of aromatic hydroxyl groups is 1. The summed E-state index contributed by atoms with van der Waals surface area (Å²) in [5.74, 6) is 0.108. The molecule has 0 bridgehead atoms. The van der Waals surface area contributed by atoms with E-state index >= 15 is 0 Å². The zero-order valence-electron chi connectivity index (χ0n) is 17.1. The maximum absolute atomic E-state index is 10.7. The Kier molecular flexibility index (Phi) is 5.11. The number of nitrogens with zero attached hydrogens (tertiary/aromatic N) is 4. The molecule has 0 atom stereocenters. The molecule has 0 spiro atoms. The van der Waals surface area contributed by atoms with Crippen molar-refractivity contribution in [2.45, 2.75) is 6.92 Å². The first-order chi connectivity index (χ1) is 15.6. The van der Waals surface area contributed by atoms with Crippen molar-refractivity contribution in [2.24, 2.45) is 0 Å². The van der Waals surface area contributed by atoms with E-state index in [9.17, 15) is 10.4 Å². The zero-order chi connectivity index (χ0) is 22.2. The molecule has 0 fully saturated rings. The van der Waals surface area contributed by atoms with Crippen LogP contribution in [0.1, 0.15) is 11.3 Å². The fourth-order valence-electron chi connectivity index (χ4n) is 3.95. The van der Waals surface area contributed by atoms with Crippen LogP contribution in [-0.4, -0.2) is 19.9 Å². The summed E-state index contributed by atoms with van der Waals surface area (Å²) in [6.07, 6.45) is 0. The molecule has 1 N–H and O–H groups in total. The van der Waals surface area contributed by atoms with Gasteiger partial charge in [0.2, 0.25) is 0 Å². The van der Waals surface area contributed by atoms with Crippen molar-refractivity contribution >= 4 is 33.6 Å². The van der Waals surface area contributed by atoms with Gasteiger partial charge in [0, 0.05) is 20.3 Å². The van der Waals surface area contributed by atoms with Crippen molar-refractivity contribution in [2.75, 3.05) is 0 Å². The normalized spacial score (nSPS) is 10.9. The number of benzene rings is 3. The number of para-hydroxylation sites is 2. The fourth-order valence-corrected chi connectivity index (χ4v) is 4.30. The first kappa shape index (κ1) is 20.2. The second-order valence-electron chi connectivity index (χ2n) is 7.38. The summed E-state index contributed by atoms with van der Waals surface area (Å²) in [6, 6.07) is 27.1. The molecule has 0 aliphatic heterocycles. The molecule has 154 valence electrons. The van der Waals surface area contributed by atoms with Gasteiger partial charge in [-0.1, -0.05) is 48.5 Å². The van der Waals surface area contributed by atoms with Gasteiger partial charge in [-0.2, -0.15) is 10.4 Å². The third-order valence-electron chi connectivity index (χ3n) is 5.39. The van der Waals surface area contributed by atoms with E-state index in [2.05, 4.69) is 28.7 Å². The van der Waals surface area contributed by atoms with Crippen molar-refractivity contribution in [3.05, 3.63) is 93.7 Å². The van der Waals surface area contributed by atoms with Gasteiger partial charge in [0.25, 0.3) is 0 Å². The minimum atomic E-state index is 0.108. The van der Waals surface area contributed by atoms with Gasteiger partial charge in [-0.3, -0.25) is 0 Å². The Balaban J connectivity index is 1.96. The molecule has 5 aromatic rings. The third-order valence-corrected chi connectivity index (χ3v) is 6.11. The predicted octanol–water partition coefficient (Wildman–Crippen LogP) is 6.24. The van der Waals surface area contributed by atoms with Gasteiger partial charge in [-0.15, -0.1) is 0 Å². The number of aryl methyl sites for hydroxylation is 1. The summed E-state index contributed by atoms with van der Waals surface area (Å²) in [7, 11) is 0. The molecular formula is C26H17IN4O. The average Bonchev–Trinajstić information content (AvgIpc) is 3.15. The van der Waals surface area contributed by atoms with Gasteiger partial charge in [0.05, 0.1) is 28.0 Å². The highest BCUT2D eigenvalue weighted by Crippen LogP contribution is 2.41. The molecule has 0 unspecified atom stereocenters. The molecule has 6 heteroatoms. The average molecular weight is 528 g/mol. The van der Waals surface area contributed by atoms with Gasteiger partial charge in [-0.05, 0) is 59.8 Å². The standard InChI is InChI=1S/C26H17IN4O/c1-16-23-24(20-9-5-6-10-22(20)32)21(15-28)25(17-11-13-18(27)14-12-17)29-26(23)31(30-16)19-7-3-2-4-8-19/h2-14,32H,1H3. The summed E-state index contributed by atoms with van der Waals surface area (Å²) in [6.45, 7) is 1.90. The molecule has 2 heterocycles. The molecule has 0 aliphatic rings. The van der Waals surface area contributed by atoms with E-state index in [0.717, 1.165) is 25.9 Å². The lowest BCUT2D eigenvalue weighted by Gasteiger charge is -2.14.